The molecular weight excluding hydrogens is 444 g/mol. The summed E-state index contributed by atoms with van der Waals surface area (Å²) in [6.45, 7) is 1.06. The molecule has 4 aromatic rings. The highest BCUT2D eigenvalue weighted by atomic mass is 16.4. The quantitative estimate of drug-likeness (QED) is 0.259. The van der Waals surface area contributed by atoms with Crippen LogP contribution in [0.1, 0.15) is 27.6 Å². The Morgan fingerprint density at radius 2 is 1.66 bits per heavy atom. The van der Waals surface area contributed by atoms with E-state index < -0.39 is 12.1 Å². The van der Waals surface area contributed by atoms with E-state index in [1.165, 1.54) is 6.20 Å². The summed E-state index contributed by atoms with van der Waals surface area (Å²) in [4.78, 5) is 19.9. The molecule has 0 spiro atoms. The van der Waals surface area contributed by atoms with Crippen LogP contribution in [0.25, 0.3) is 11.3 Å². The standard InChI is InChI=1S/C18H15N3O2.C9H13NO2/c22-17(23)15-12-20-18(19-11-13-7-3-1-4-8-13)21-16(15)14-9-5-2-6-10-14;1-10-6-9(12)7-3-2-4-8(11)5-7/h1-10,12H,11H2,(H,22,23)(H,19,20,21);2-5,9-12H,6H2,1H3. The Balaban J connectivity index is 0.000000241. The molecule has 8 nitrogen and oxygen atoms in total. The summed E-state index contributed by atoms with van der Waals surface area (Å²) in [5.41, 5.74) is 3.06. The average molecular weight is 473 g/mol. The summed E-state index contributed by atoms with van der Waals surface area (Å²) in [5.74, 6) is -0.459. The second-order valence-corrected chi connectivity index (χ2v) is 7.63. The Kier molecular flexibility index (Phi) is 9.30. The Labute approximate surface area is 204 Å². The molecule has 0 bridgehead atoms. The van der Waals surface area contributed by atoms with E-state index in [2.05, 4.69) is 20.6 Å². The molecule has 0 aliphatic rings. The minimum atomic E-state index is -1.04. The predicted molar refractivity (Wildman–Crippen MR) is 135 cm³/mol. The topological polar surface area (TPSA) is 128 Å². The van der Waals surface area contributed by atoms with Crippen molar-refractivity contribution in [3.63, 3.8) is 0 Å². The summed E-state index contributed by atoms with van der Waals surface area (Å²) in [5, 5.41) is 33.9. The molecule has 0 saturated carbocycles. The first-order chi connectivity index (χ1) is 17.0. The zero-order chi connectivity index (χ0) is 25.0. The van der Waals surface area contributed by atoms with Crippen LogP contribution in [-0.4, -0.2) is 44.8 Å². The number of aliphatic hydroxyl groups is 1. The van der Waals surface area contributed by atoms with Crippen LogP contribution < -0.4 is 10.6 Å². The fourth-order valence-electron chi connectivity index (χ4n) is 3.26. The van der Waals surface area contributed by atoms with E-state index in [0.717, 1.165) is 16.7 Å². The first kappa shape index (κ1) is 25.4. The predicted octanol–water partition coefficient (Wildman–Crippen LogP) is 4.10. The summed E-state index contributed by atoms with van der Waals surface area (Å²) < 4.78 is 0. The summed E-state index contributed by atoms with van der Waals surface area (Å²) in [6.07, 6.45) is 0.785. The number of likely N-dealkylation sites (N-methyl/N-ethyl adjacent to an activating group) is 1. The van der Waals surface area contributed by atoms with Gasteiger partial charge in [-0.15, -0.1) is 0 Å². The van der Waals surface area contributed by atoms with Crippen LogP contribution in [0.4, 0.5) is 5.95 Å². The number of rotatable bonds is 8. The molecule has 3 aromatic carbocycles. The number of hydrogen-bond donors (Lipinski definition) is 5. The minimum Gasteiger partial charge on any atom is -0.508 e. The largest absolute Gasteiger partial charge is 0.508 e. The van der Waals surface area contributed by atoms with Crippen LogP contribution in [0.5, 0.6) is 5.75 Å². The van der Waals surface area contributed by atoms with Crippen LogP contribution in [0.2, 0.25) is 0 Å². The Morgan fingerprint density at radius 3 is 2.29 bits per heavy atom. The van der Waals surface area contributed by atoms with Gasteiger partial charge in [-0.05, 0) is 30.3 Å². The van der Waals surface area contributed by atoms with Crippen molar-refractivity contribution in [2.24, 2.45) is 0 Å². The normalized spacial score (nSPS) is 11.1. The maximum absolute atomic E-state index is 11.4. The van der Waals surface area contributed by atoms with Crippen LogP contribution >= 0.6 is 0 Å². The molecule has 1 heterocycles. The molecule has 1 atom stereocenters. The second kappa shape index (κ2) is 12.8. The minimum absolute atomic E-state index is 0.0847. The lowest BCUT2D eigenvalue weighted by molar-refractivity contribution is 0.0697. The Hall–Kier alpha value is -4.27. The number of phenolic OH excluding ortho intramolecular Hbond substituents is 1. The third kappa shape index (κ3) is 7.63. The van der Waals surface area contributed by atoms with Crippen molar-refractivity contribution in [2.45, 2.75) is 12.6 Å². The second-order valence-electron chi connectivity index (χ2n) is 7.63. The van der Waals surface area contributed by atoms with Crippen molar-refractivity contribution in [2.75, 3.05) is 18.9 Å². The number of carboxylic acids is 1. The smallest absolute Gasteiger partial charge is 0.339 e. The third-order valence-electron chi connectivity index (χ3n) is 5.01. The Bertz CT molecular complexity index is 1220. The number of aromatic hydroxyl groups is 1. The number of hydrogen-bond acceptors (Lipinski definition) is 7. The monoisotopic (exact) mass is 472 g/mol. The lowest BCUT2D eigenvalue weighted by Gasteiger charge is -2.09. The van der Waals surface area contributed by atoms with E-state index in [0.29, 0.717) is 24.7 Å². The van der Waals surface area contributed by atoms with E-state index in [-0.39, 0.29) is 11.3 Å². The lowest BCUT2D eigenvalue weighted by atomic mass is 10.1. The number of aliphatic hydroxyl groups excluding tert-OH is 1. The summed E-state index contributed by atoms with van der Waals surface area (Å²) in [6, 6.07) is 25.7. The molecule has 0 aliphatic heterocycles. The fraction of sp³-hybridized carbons (Fsp3) is 0.148. The number of nitrogens with one attached hydrogen (secondary N) is 2. The summed E-state index contributed by atoms with van der Waals surface area (Å²) >= 11 is 0. The molecule has 1 unspecified atom stereocenters. The maximum Gasteiger partial charge on any atom is 0.339 e. The highest BCUT2D eigenvalue weighted by Gasteiger charge is 2.15. The molecule has 0 saturated heterocycles. The number of aromatic nitrogens is 2. The van der Waals surface area contributed by atoms with Gasteiger partial charge in [-0.2, -0.15) is 0 Å². The molecule has 1 aromatic heterocycles. The van der Waals surface area contributed by atoms with Gasteiger partial charge in [-0.25, -0.2) is 14.8 Å². The van der Waals surface area contributed by atoms with E-state index in [1.54, 1.807) is 31.3 Å². The van der Waals surface area contributed by atoms with Crippen molar-refractivity contribution in [1.29, 1.82) is 0 Å². The molecule has 5 N–H and O–H groups in total. The van der Waals surface area contributed by atoms with Crippen LogP contribution in [0.3, 0.4) is 0 Å². The summed E-state index contributed by atoms with van der Waals surface area (Å²) in [7, 11) is 1.77. The molecule has 35 heavy (non-hydrogen) atoms. The zero-order valence-electron chi connectivity index (χ0n) is 19.3. The van der Waals surface area contributed by atoms with Gasteiger partial charge in [0.1, 0.15) is 11.3 Å². The van der Waals surface area contributed by atoms with Gasteiger partial charge in [0.15, 0.2) is 0 Å². The molecule has 0 fully saturated rings. The fourth-order valence-corrected chi connectivity index (χ4v) is 3.26. The Morgan fingerprint density at radius 1 is 0.971 bits per heavy atom. The number of nitrogens with zero attached hydrogens (tertiary/aromatic N) is 2. The van der Waals surface area contributed by atoms with Crippen molar-refractivity contribution >= 4 is 11.9 Å². The van der Waals surface area contributed by atoms with Crippen molar-refractivity contribution < 1.29 is 20.1 Å². The number of carboxylic acid groups (broad SMARTS) is 1. The number of anilines is 1. The van der Waals surface area contributed by atoms with Gasteiger partial charge in [0.05, 0.1) is 11.8 Å². The van der Waals surface area contributed by atoms with Gasteiger partial charge < -0.3 is 26.0 Å². The number of aromatic carboxylic acids is 1. The highest BCUT2D eigenvalue weighted by molar-refractivity contribution is 5.94. The molecule has 180 valence electrons. The van der Waals surface area contributed by atoms with Crippen LogP contribution in [0, 0.1) is 0 Å². The van der Waals surface area contributed by atoms with Crippen LogP contribution in [0.15, 0.2) is 91.1 Å². The van der Waals surface area contributed by atoms with E-state index in [9.17, 15) is 15.0 Å². The van der Waals surface area contributed by atoms with Crippen molar-refractivity contribution in [3.8, 4) is 17.0 Å². The van der Waals surface area contributed by atoms with E-state index in [1.807, 2.05) is 60.7 Å². The zero-order valence-corrected chi connectivity index (χ0v) is 19.3. The number of carbonyl (C=O) groups is 1. The van der Waals surface area contributed by atoms with E-state index in [4.69, 9.17) is 5.11 Å². The lowest BCUT2D eigenvalue weighted by Crippen LogP contribution is -2.16. The molecule has 0 radical (unpaired) electrons. The van der Waals surface area contributed by atoms with Gasteiger partial charge in [0.25, 0.3) is 0 Å². The average Bonchev–Trinajstić information content (AvgIpc) is 2.89. The van der Waals surface area contributed by atoms with Gasteiger partial charge in [0.2, 0.25) is 5.95 Å². The molecule has 8 heteroatoms. The molecule has 0 amide bonds. The highest BCUT2D eigenvalue weighted by Crippen LogP contribution is 2.22. The third-order valence-corrected chi connectivity index (χ3v) is 5.01. The van der Waals surface area contributed by atoms with Crippen molar-refractivity contribution in [3.05, 3.63) is 108 Å². The first-order valence-electron chi connectivity index (χ1n) is 11.0. The maximum atomic E-state index is 11.4. The van der Waals surface area contributed by atoms with Gasteiger partial charge in [-0.1, -0.05) is 72.8 Å². The number of benzene rings is 3. The van der Waals surface area contributed by atoms with E-state index >= 15 is 0 Å². The first-order valence-corrected chi connectivity index (χ1v) is 11.0. The molecule has 4 rings (SSSR count). The van der Waals surface area contributed by atoms with Gasteiger partial charge in [-0.3, -0.25) is 0 Å². The van der Waals surface area contributed by atoms with Crippen molar-refractivity contribution in [1.82, 2.24) is 15.3 Å². The number of phenols is 1. The van der Waals surface area contributed by atoms with Gasteiger partial charge in [0, 0.05) is 24.8 Å². The molecule has 0 aliphatic carbocycles. The van der Waals surface area contributed by atoms with Crippen LogP contribution in [-0.2, 0) is 6.54 Å². The van der Waals surface area contributed by atoms with Gasteiger partial charge >= 0.3 is 5.97 Å². The SMILES string of the molecule is CNCC(O)c1cccc(O)c1.O=C(O)c1cnc(NCc2ccccc2)nc1-c1ccccc1. The molecular formula is C27H28N4O4.